The van der Waals surface area contributed by atoms with Gasteiger partial charge in [0, 0.05) is 23.1 Å². The average Bonchev–Trinajstić information content (AvgIpc) is 2.60. The molecule has 1 fully saturated rings. The molecule has 0 radical (unpaired) electrons. The molecule has 1 saturated heterocycles. The van der Waals surface area contributed by atoms with Crippen LogP contribution < -0.4 is 5.73 Å². The first-order valence-electron chi connectivity index (χ1n) is 8.30. The number of carbonyl (C=O) groups excluding carboxylic acids is 2. The number of amides is 2. The minimum Gasteiger partial charge on any atom is -0.365 e. The molecular formula is C17H21Cl2N3O3. The fourth-order valence-corrected chi connectivity index (χ4v) is 4.24. The minimum absolute atomic E-state index is 0.0647. The molecule has 136 valence electrons. The van der Waals surface area contributed by atoms with Gasteiger partial charge < -0.3 is 20.3 Å². The van der Waals surface area contributed by atoms with Gasteiger partial charge in [-0.1, -0.05) is 23.2 Å². The SMILES string of the molecule is C[C@H]1c2c(Cl)cc(Cl)cc2CCN1C(=O)[C@H]1CN(C(=O)CN)CCO1. The maximum atomic E-state index is 13.0. The molecule has 2 amide bonds. The average molecular weight is 386 g/mol. The zero-order valence-electron chi connectivity index (χ0n) is 14.0. The normalized spacial score (nSPS) is 23.4. The van der Waals surface area contributed by atoms with Gasteiger partial charge in [0.05, 0.1) is 25.7 Å². The van der Waals surface area contributed by atoms with Crippen molar-refractivity contribution >= 4 is 35.0 Å². The highest BCUT2D eigenvalue weighted by Gasteiger charge is 2.36. The van der Waals surface area contributed by atoms with Crippen LogP contribution in [0.25, 0.3) is 0 Å². The molecule has 3 rings (SSSR count). The summed E-state index contributed by atoms with van der Waals surface area (Å²) in [4.78, 5) is 28.1. The number of halogens is 2. The van der Waals surface area contributed by atoms with Crippen molar-refractivity contribution in [2.45, 2.75) is 25.5 Å². The minimum atomic E-state index is -0.667. The number of benzene rings is 1. The first-order chi connectivity index (χ1) is 11.9. The molecule has 1 aromatic carbocycles. The van der Waals surface area contributed by atoms with Crippen LogP contribution in [0.5, 0.6) is 0 Å². The van der Waals surface area contributed by atoms with Gasteiger partial charge in [0.1, 0.15) is 0 Å². The van der Waals surface area contributed by atoms with Crippen LogP contribution in [-0.4, -0.2) is 60.5 Å². The van der Waals surface area contributed by atoms with E-state index in [0.29, 0.717) is 36.2 Å². The molecule has 2 heterocycles. The highest BCUT2D eigenvalue weighted by Crippen LogP contribution is 2.37. The number of morpholine rings is 1. The highest BCUT2D eigenvalue weighted by atomic mass is 35.5. The fraction of sp³-hybridized carbons (Fsp3) is 0.529. The number of rotatable bonds is 2. The van der Waals surface area contributed by atoms with Crippen molar-refractivity contribution in [1.29, 1.82) is 0 Å². The molecule has 0 aliphatic carbocycles. The third-order valence-corrected chi connectivity index (χ3v) is 5.37. The molecule has 6 nitrogen and oxygen atoms in total. The molecule has 2 aliphatic rings. The Bertz CT molecular complexity index is 698. The molecule has 2 atom stereocenters. The molecule has 2 aliphatic heterocycles. The molecular weight excluding hydrogens is 365 g/mol. The van der Waals surface area contributed by atoms with Crippen molar-refractivity contribution in [2.75, 3.05) is 32.8 Å². The molecule has 2 N–H and O–H groups in total. The van der Waals surface area contributed by atoms with E-state index in [1.807, 2.05) is 13.0 Å². The van der Waals surface area contributed by atoms with Crippen LogP contribution >= 0.6 is 23.2 Å². The molecule has 1 aromatic rings. The lowest BCUT2D eigenvalue weighted by molar-refractivity contribution is -0.155. The summed E-state index contributed by atoms with van der Waals surface area (Å²) in [6.07, 6.45) is 0.0171. The quantitative estimate of drug-likeness (QED) is 0.838. The summed E-state index contributed by atoms with van der Waals surface area (Å²) in [5.74, 6) is -0.297. The number of hydrogen-bond acceptors (Lipinski definition) is 4. The topological polar surface area (TPSA) is 75.9 Å². The predicted molar refractivity (Wildman–Crippen MR) is 95.7 cm³/mol. The predicted octanol–water partition coefficient (Wildman–Crippen LogP) is 1.63. The van der Waals surface area contributed by atoms with Crippen molar-refractivity contribution < 1.29 is 14.3 Å². The van der Waals surface area contributed by atoms with E-state index in [0.717, 1.165) is 11.1 Å². The molecule has 25 heavy (non-hydrogen) atoms. The summed E-state index contributed by atoms with van der Waals surface area (Å²) in [6.45, 7) is 3.47. The van der Waals surface area contributed by atoms with Crippen molar-refractivity contribution in [3.05, 3.63) is 33.3 Å². The number of carbonyl (C=O) groups is 2. The smallest absolute Gasteiger partial charge is 0.254 e. The Balaban J connectivity index is 1.78. The maximum Gasteiger partial charge on any atom is 0.254 e. The first kappa shape index (κ1) is 18.5. The lowest BCUT2D eigenvalue weighted by Gasteiger charge is -2.40. The van der Waals surface area contributed by atoms with E-state index >= 15 is 0 Å². The van der Waals surface area contributed by atoms with Gasteiger partial charge in [-0.25, -0.2) is 0 Å². The maximum absolute atomic E-state index is 13.0. The van der Waals surface area contributed by atoms with E-state index in [4.69, 9.17) is 33.7 Å². The van der Waals surface area contributed by atoms with Gasteiger partial charge in [0.15, 0.2) is 6.10 Å². The van der Waals surface area contributed by atoms with Gasteiger partial charge in [-0.05, 0) is 36.6 Å². The largest absolute Gasteiger partial charge is 0.365 e. The summed E-state index contributed by atoms with van der Waals surface area (Å²) in [5.41, 5.74) is 7.41. The van der Waals surface area contributed by atoms with E-state index in [-0.39, 0.29) is 30.9 Å². The second-order valence-corrected chi connectivity index (χ2v) is 7.16. The Labute approximate surface area is 156 Å². The van der Waals surface area contributed by atoms with Crippen LogP contribution in [0.2, 0.25) is 10.0 Å². The third kappa shape index (κ3) is 3.62. The van der Waals surface area contributed by atoms with Crippen LogP contribution in [-0.2, 0) is 20.7 Å². The molecule has 0 unspecified atom stereocenters. The number of hydrogen-bond donors (Lipinski definition) is 1. The van der Waals surface area contributed by atoms with E-state index < -0.39 is 6.10 Å². The Morgan fingerprint density at radius 2 is 2.08 bits per heavy atom. The summed E-state index contributed by atoms with van der Waals surface area (Å²) in [5, 5.41) is 1.17. The zero-order chi connectivity index (χ0) is 18.1. The van der Waals surface area contributed by atoms with Gasteiger partial charge in [0.2, 0.25) is 5.91 Å². The molecule has 0 bridgehead atoms. The fourth-order valence-electron chi connectivity index (χ4n) is 3.54. The summed E-state index contributed by atoms with van der Waals surface area (Å²) < 4.78 is 5.62. The zero-order valence-corrected chi connectivity index (χ0v) is 15.5. The van der Waals surface area contributed by atoms with Crippen LogP contribution in [0, 0.1) is 0 Å². The van der Waals surface area contributed by atoms with E-state index in [1.54, 1.807) is 15.9 Å². The van der Waals surface area contributed by atoms with Gasteiger partial charge in [-0.3, -0.25) is 9.59 Å². The van der Waals surface area contributed by atoms with Crippen LogP contribution in [0.3, 0.4) is 0 Å². The van der Waals surface area contributed by atoms with Crippen LogP contribution in [0.1, 0.15) is 24.1 Å². The second kappa shape index (κ2) is 7.50. The molecule has 0 aromatic heterocycles. The van der Waals surface area contributed by atoms with Gasteiger partial charge in [-0.2, -0.15) is 0 Å². The first-order valence-corrected chi connectivity index (χ1v) is 9.05. The summed E-state index contributed by atoms with van der Waals surface area (Å²) in [7, 11) is 0. The van der Waals surface area contributed by atoms with Crippen molar-refractivity contribution in [3.8, 4) is 0 Å². The lowest BCUT2D eigenvalue weighted by Crippen LogP contribution is -2.54. The van der Waals surface area contributed by atoms with Gasteiger partial charge >= 0.3 is 0 Å². The molecule has 0 spiro atoms. The molecule has 0 saturated carbocycles. The Morgan fingerprint density at radius 1 is 1.32 bits per heavy atom. The second-order valence-electron chi connectivity index (χ2n) is 6.32. The highest BCUT2D eigenvalue weighted by molar-refractivity contribution is 6.35. The summed E-state index contributed by atoms with van der Waals surface area (Å²) in [6, 6.07) is 3.43. The number of nitrogens with two attached hydrogens (primary N) is 1. The van der Waals surface area contributed by atoms with E-state index in [1.165, 1.54) is 0 Å². The van der Waals surface area contributed by atoms with Gasteiger partial charge in [-0.15, -0.1) is 0 Å². The Morgan fingerprint density at radius 3 is 2.80 bits per heavy atom. The van der Waals surface area contributed by atoms with Crippen LogP contribution in [0.4, 0.5) is 0 Å². The third-order valence-electron chi connectivity index (χ3n) is 4.84. The summed E-state index contributed by atoms with van der Waals surface area (Å²) >= 11 is 12.4. The number of ether oxygens (including phenoxy) is 1. The van der Waals surface area contributed by atoms with Crippen molar-refractivity contribution in [2.24, 2.45) is 5.73 Å². The Hall–Kier alpha value is -1.34. The van der Waals surface area contributed by atoms with Crippen molar-refractivity contribution in [3.63, 3.8) is 0 Å². The van der Waals surface area contributed by atoms with Crippen molar-refractivity contribution in [1.82, 2.24) is 9.80 Å². The number of fused-ring (bicyclic) bond motifs is 1. The van der Waals surface area contributed by atoms with Gasteiger partial charge in [0.25, 0.3) is 5.91 Å². The van der Waals surface area contributed by atoms with E-state index in [2.05, 4.69) is 0 Å². The monoisotopic (exact) mass is 385 g/mol. The van der Waals surface area contributed by atoms with Crippen LogP contribution in [0.15, 0.2) is 12.1 Å². The molecule has 8 heteroatoms. The lowest BCUT2D eigenvalue weighted by atomic mass is 9.93. The standard InChI is InChI=1S/C17H21Cl2N3O3/c1-10-16-11(6-12(18)7-13(16)19)2-3-22(10)17(24)14-9-21(4-5-25-14)15(23)8-20/h6-7,10,14H,2-5,8-9,20H2,1H3/t10-,14+/m0/s1. The number of nitrogens with zero attached hydrogens (tertiary/aromatic N) is 2. The Kier molecular flexibility index (Phi) is 5.53. The van der Waals surface area contributed by atoms with E-state index in [9.17, 15) is 9.59 Å².